The maximum Gasteiger partial charge on any atom is 0.295 e. The summed E-state index contributed by atoms with van der Waals surface area (Å²) >= 11 is 0. The first-order valence-electron chi connectivity index (χ1n) is 11.2. The Morgan fingerprint density at radius 3 is 2.58 bits per heavy atom. The van der Waals surface area contributed by atoms with Crippen molar-refractivity contribution >= 4 is 28.2 Å². The van der Waals surface area contributed by atoms with Crippen LogP contribution >= 0.6 is 0 Å². The Morgan fingerprint density at radius 2 is 1.79 bits per heavy atom. The van der Waals surface area contributed by atoms with Gasteiger partial charge < -0.3 is 19.8 Å². The van der Waals surface area contributed by atoms with Crippen LogP contribution in [-0.4, -0.2) is 46.6 Å². The monoisotopic (exact) mass is 445 g/mol. The Hall–Kier alpha value is -3.64. The lowest BCUT2D eigenvalue weighted by molar-refractivity contribution is -0.139. The Labute approximate surface area is 192 Å². The highest BCUT2D eigenvalue weighted by Crippen LogP contribution is 2.41. The molecule has 1 saturated heterocycles. The third-order valence-corrected chi connectivity index (χ3v) is 5.79. The molecule has 6 heteroatoms. The number of likely N-dealkylation sites (tertiary alicyclic amines) is 1. The number of nitrogens with zero attached hydrogens (tertiary/aromatic N) is 1. The van der Waals surface area contributed by atoms with Crippen molar-refractivity contribution in [1.29, 1.82) is 0 Å². The van der Waals surface area contributed by atoms with Gasteiger partial charge in [-0.05, 0) is 34.9 Å². The molecule has 3 aromatic carbocycles. The Bertz CT molecular complexity index is 1210. The SMILES string of the molecule is CCCN1C(=O)C(=O)/C(=C(\O)c2cccc3ccccc23)C1c1cccc(OCCCO)c1. The van der Waals surface area contributed by atoms with E-state index in [2.05, 4.69) is 0 Å². The summed E-state index contributed by atoms with van der Waals surface area (Å²) in [5.74, 6) is -0.908. The van der Waals surface area contributed by atoms with E-state index < -0.39 is 17.7 Å². The summed E-state index contributed by atoms with van der Waals surface area (Å²) in [7, 11) is 0. The van der Waals surface area contributed by atoms with E-state index in [1.807, 2.05) is 49.4 Å². The molecule has 0 aliphatic carbocycles. The standard InChI is InChI=1S/C27H27NO5/c1-2-14-28-24(19-10-5-11-20(17-19)33-16-7-15-29)23(26(31)27(28)32)25(30)22-13-6-9-18-8-3-4-12-21(18)22/h3-6,8-13,17,24,29-30H,2,7,14-16H2,1H3/b25-23-. The van der Waals surface area contributed by atoms with Crippen LogP contribution in [0.15, 0.2) is 72.3 Å². The zero-order valence-corrected chi connectivity index (χ0v) is 18.5. The summed E-state index contributed by atoms with van der Waals surface area (Å²) in [6.07, 6.45) is 1.17. The van der Waals surface area contributed by atoms with Gasteiger partial charge in [0, 0.05) is 25.1 Å². The second-order valence-corrected chi connectivity index (χ2v) is 8.02. The first kappa shape index (κ1) is 22.6. The summed E-state index contributed by atoms with van der Waals surface area (Å²) in [5, 5.41) is 22.1. The Morgan fingerprint density at radius 1 is 1.03 bits per heavy atom. The molecule has 1 heterocycles. The van der Waals surface area contributed by atoms with Crippen LogP contribution in [-0.2, 0) is 9.59 Å². The second kappa shape index (κ2) is 9.88. The van der Waals surface area contributed by atoms with Crippen LogP contribution in [0.4, 0.5) is 0 Å². The molecule has 1 aliphatic heterocycles. The molecule has 3 aromatic rings. The average molecular weight is 446 g/mol. The first-order chi connectivity index (χ1) is 16.1. The largest absolute Gasteiger partial charge is 0.507 e. The van der Waals surface area contributed by atoms with Gasteiger partial charge in [-0.1, -0.05) is 61.5 Å². The van der Waals surface area contributed by atoms with Gasteiger partial charge in [0.25, 0.3) is 11.7 Å². The van der Waals surface area contributed by atoms with Crippen LogP contribution in [0.25, 0.3) is 16.5 Å². The lowest BCUT2D eigenvalue weighted by Crippen LogP contribution is -2.30. The molecule has 6 nitrogen and oxygen atoms in total. The van der Waals surface area contributed by atoms with Crippen LogP contribution < -0.4 is 4.74 Å². The number of carbonyl (C=O) groups excluding carboxylic acids is 2. The lowest BCUT2D eigenvalue weighted by atomic mass is 9.93. The van der Waals surface area contributed by atoms with E-state index in [4.69, 9.17) is 9.84 Å². The van der Waals surface area contributed by atoms with E-state index in [1.165, 1.54) is 4.90 Å². The summed E-state index contributed by atoms with van der Waals surface area (Å²) in [5.41, 5.74) is 1.28. The highest BCUT2D eigenvalue weighted by atomic mass is 16.5. The van der Waals surface area contributed by atoms with E-state index in [0.29, 0.717) is 42.9 Å². The fourth-order valence-electron chi connectivity index (χ4n) is 4.30. The number of ether oxygens (including phenoxy) is 1. The van der Waals surface area contributed by atoms with E-state index in [-0.39, 0.29) is 17.9 Å². The van der Waals surface area contributed by atoms with Crippen LogP contribution in [0.2, 0.25) is 0 Å². The molecule has 2 N–H and O–H groups in total. The second-order valence-electron chi connectivity index (χ2n) is 8.02. The number of ketones is 1. The van der Waals surface area contributed by atoms with Crippen molar-refractivity contribution < 1.29 is 24.5 Å². The normalized spacial score (nSPS) is 17.6. The number of rotatable bonds is 8. The third-order valence-electron chi connectivity index (χ3n) is 5.79. The van der Waals surface area contributed by atoms with E-state index in [0.717, 1.165) is 10.8 Å². The summed E-state index contributed by atoms with van der Waals surface area (Å²) < 4.78 is 5.71. The van der Waals surface area contributed by atoms with Crippen molar-refractivity contribution in [2.24, 2.45) is 0 Å². The molecule has 4 rings (SSSR count). The lowest BCUT2D eigenvalue weighted by Gasteiger charge is -2.25. The quantitative estimate of drug-likeness (QED) is 0.232. The molecular weight excluding hydrogens is 418 g/mol. The molecule has 1 atom stereocenters. The van der Waals surface area contributed by atoms with Gasteiger partial charge >= 0.3 is 0 Å². The van der Waals surface area contributed by atoms with Crippen molar-refractivity contribution in [1.82, 2.24) is 4.90 Å². The predicted molar refractivity (Wildman–Crippen MR) is 127 cm³/mol. The molecule has 33 heavy (non-hydrogen) atoms. The number of carbonyl (C=O) groups is 2. The molecule has 1 fully saturated rings. The topological polar surface area (TPSA) is 87.1 Å². The van der Waals surface area contributed by atoms with Crippen molar-refractivity contribution in [2.45, 2.75) is 25.8 Å². The fourth-order valence-corrected chi connectivity index (χ4v) is 4.30. The molecule has 0 radical (unpaired) electrons. The van der Waals surface area contributed by atoms with E-state index in [9.17, 15) is 14.7 Å². The highest BCUT2D eigenvalue weighted by molar-refractivity contribution is 6.46. The molecule has 0 saturated carbocycles. The van der Waals surface area contributed by atoms with Crippen LogP contribution in [0.3, 0.4) is 0 Å². The van der Waals surface area contributed by atoms with Gasteiger partial charge in [-0.2, -0.15) is 0 Å². The summed E-state index contributed by atoms with van der Waals surface area (Å²) in [4.78, 5) is 27.6. The fraction of sp³-hybridized carbons (Fsp3) is 0.259. The van der Waals surface area contributed by atoms with Gasteiger partial charge in [0.15, 0.2) is 0 Å². The van der Waals surface area contributed by atoms with E-state index >= 15 is 0 Å². The summed E-state index contributed by atoms with van der Waals surface area (Å²) in [6, 6.07) is 19.6. The maximum absolute atomic E-state index is 13.2. The molecule has 1 unspecified atom stereocenters. The van der Waals surface area contributed by atoms with Crippen molar-refractivity contribution in [3.05, 3.63) is 83.4 Å². The molecule has 1 amide bonds. The number of fused-ring (bicyclic) bond motifs is 1. The van der Waals surface area contributed by atoms with Crippen LogP contribution in [0, 0.1) is 0 Å². The Balaban J connectivity index is 1.86. The minimum atomic E-state index is -0.717. The maximum atomic E-state index is 13.2. The minimum Gasteiger partial charge on any atom is -0.507 e. The van der Waals surface area contributed by atoms with Gasteiger partial charge in [0.05, 0.1) is 18.2 Å². The number of Topliss-reactive ketones (excluding diaryl/α,β-unsaturated/α-hetero) is 1. The predicted octanol–water partition coefficient (Wildman–Crippen LogP) is 4.43. The van der Waals surface area contributed by atoms with Crippen molar-refractivity contribution in [3.8, 4) is 5.75 Å². The molecule has 0 aromatic heterocycles. The van der Waals surface area contributed by atoms with Crippen LogP contribution in [0.5, 0.6) is 5.75 Å². The molecule has 0 bridgehead atoms. The van der Waals surface area contributed by atoms with Gasteiger partial charge in [0.1, 0.15) is 11.5 Å². The number of benzene rings is 3. The number of amides is 1. The first-order valence-corrected chi connectivity index (χ1v) is 11.2. The zero-order valence-electron chi connectivity index (χ0n) is 18.5. The Kier molecular flexibility index (Phi) is 6.75. The van der Waals surface area contributed by atoms with Crippen molar-refractivity contribution in [3.63, 3.8) is 0 Å². The smallest absolute Gasteiger partial charge is 0.295 e. The molecular formula is C27H27NO5. The molecule has 1 aliphatic rings. The third kappa shape index (κ3) is 4.34. The minimum absolute atomic E-state index is 0.0292. The average Bonchev–Trinajstić information content (AvgIpc) is 3.09. The van der Waals surface area contributed by atoms with Gasteiger partial charge in [-0.25, -0.2) is 0 Å². The van der Waals surface area contributed by atoms with E-state index in [1.54, 1.807) is 24.3 Å². The number of hydrogen-bond acceptors (Lipinski definition) is 5. The van der Waals surface area contributed by atoms with Gasteiger partial charge in [0.2, 0.25) is 0 Å². The van der Waals surface area contributed by atoms with Crippen molar-refractivity contribution in [2.75, 3.05) is 19.8 Å². The highest BCUT2D eigenvalue weighted by Gasteiger charge is 2.45. The summed E-state index contributed by atoms with van der Waals surface area (Å²) in [6.45, 7) is 2.71. The number of hydrogen-bond donors (Lipinski definition) is 2. The number of aliphatic hydroxyl groups is 2. The van der Waals surface area contributed by atoms with Gasteiger partial charge in [-0.15, -0.1) is 0 Å². The molecule has 0 spiro atoms. The number of aliphatic hydroxyl groups excluding tert-OH is 2. The van der Waals surface area contributed by atoms with Gasteiger partial charge in [-0.3, -0.25) is 9.59 Å². The van der Waals surface area contributed by atoms with Crippen LogP contribution in [0.1, 0.15) is 36.9 Å². The zero-order chi connectivity index (χ0) is 23.4. The molecule has 170 valence electrons.